The molecule has 1 rings (SSSR count). The van der Waals surface area contributed by atoms with Gasteiger partial charge in [-0.1, -0.05) is 0 Å². The quantitative estimate of drug-likeness (QED) is 0.560. The minimum atomic E-state index is 0.131. The van der Waals surface area contributed by atoms with Gasteiger partial charge < -0.3 is 15.5 Å². The molecule has 0 spiro atoms. The molecule has 15 heavy (non-hydrogen) atoms. The SMILES string of the molecule is CN(C)CCCNCC(=O)NCC1CC1. The van der Waals surface area contributed by atoms with Crippen molar-refractivity contribution in [2.45, 2.75) is 19.3 Å². The number of nitrogens with zero attached hydrogens (tertiary/aromatic N) is 1. The van der Waals surface area contributed by atoms with Crippen molar-refractivity contribution in [1.82, 2.24) is 15.5 Å². The van der Waals surface area contributed by atoms with Gasteiger partial charge in [0.15, 0.2) is 0 Å². The Kier molecular flexibility index (Phi) is 5.65. The molecule has 0 aliphatic heterocycles. The van der Waals surface area contributed by atoms with Crippen molar-refractivity contribution in [3.63, 3.8) is 0 Å². The van der Waals surface area contributed by atoms with E-state index in [4.69, 9.17) is 0 Å². The number of carbonyl (C=O) groups excluding carboxylic acids is 1. The van der Waals surface area contributed by atoms with Gasteiger partial charge in [-0.25, -0.2) is 0 Å². The lowest BCUT2D eigenvalue weighted by atomic mass is 10.4. The van der Waals surface area contributed by atoms with Crippen LogP contribution in [0.1, 0.15) is 19.3 Å². The van der Waals surface area contributed by atoms with Crippen molar-refractivity contribution in [1.29, 1.82) is 0 Å². The van der Waals surface area contributed by atoms with Crippen LogP contribution in [0.4, 0.5) is 0 Å². The Morgan fingerprint density at radius 1 is 1.40 bits per heavy atom. The van der Waals surface area contributed by atoms with Crippen molar-refractivity contribution < 1.29 is 4.79 Å². The predicted octanol–water partition coefficient (Wildman–Crippen LogP) is 0.0539. The summed E-state index contributed by atoms with van der Waals surface area (Å²) in [5.74, 6) is 0.898. The van der Waals surface area contributed by atoms with Crippen LogP contribution in [0.25, 0.3) is 0 Å². The minimum absolute atomic E-state index is 0.131. The lowest BCUT2D eigenvalue weighted by molar-refractivity contribution is -0.120. The Hall–Kier alpha value is -0.610. The number of carbonyl (C=O) groups is 1. The van der Waals surface area contributed by atoms with Crippen LogP contribution in [0, 0.1) is 5.92 Å². The van der Waals surface area contributed by atoms with Crippen molar-refractivity contribution >= 4 is 5.91 Å². The second-order valence-electron chi connectivity index (χ2n) is 4.58. The van der Waals surface area contributed by atoms with Gasteiger partial charge in [0.2, 0.25) is 5.91 Å². The van der Waals surface area contributed by atoms with E-state index < -0.39 is 0 Å². The van der Waals surface area contributed by atoms with Gasteiger partial charge in [0.05, 0.1) is 6.54 Å². The topological polar surface area (TPSA) is 44.4 Å². The highest BCUT2D eigenvalue weighted by Gasteiger charge is 2.21. The van der Waals surface area contributed by atoms with Crippen molar-refractivity contribution in [3.8, 4) is 0 Å². The molecule has 1 saturated carbocycles. The predicted molar refractivity (Wildman–Crippen MR) is 61.8 cm³/mol. The molecule has 0 saturated heterocycles. The zero-order chi connectivity index (χ0) is 11.1. The zero-order valence-corrected chi connectivity index (χ0v) is 9.88. The summed E-state index contributed by atoms with van der Waals surface area (Å²) in [6, 6.07) is 0. The normalized spacial score (nSPS) is 15.7. The molecule has 1 aliphatic rings. The van der Waals surface area contributed by atoms with E-state index in [1.807, 2.05) is 0 Å². The third-order valence-electron chi connectivity index (χ3n) is 2.53. The summed E-state index contributed by atoms with van der Waals surface area (Å²) in [6.07, 6.45) is 3.66. The number of hydrogen-bond donors (Lipinski definition) is 2. The highest BCUT2D eigenvalue weighted by atomic mass is 16.1. The lowest BCUT2D eigenvalue weighted by Crippen LogP contribution is -2.35. The van der Waals surface area contributed by atoms with E-state index in [1.165, 1.54) is 12.8 Å². The Morgan fingerprint density at radius 2 is 2.13 bits per heavy atom. The molecule has 0 heterocycles. The summed E-state index contributed by atoms with van der Waals surface area (Å²) < 4.78 is 0. The minimum Gasteiger partial charge on any atom is -0.355 e. The van der Waals surface area contributed by atoms with E-state index in [9.17, 15) is 4.79 Å². The first-order valence-electron chi connectivity index (χ1n) is 5.80. The summed E-state index contributed by atoms with van der Waals surface area (Å²) in [7, 11) is 4.12. The van der Waals surface area contributed by atoms with E-state index in [-0.39, 0.29) is 5.91 Å². The summed E-state index contributed by atoms with van der Waals surface area (Å²) >= 11 is 0. The summed E-state index contributed by atoms with van der Waals surface area (Å²) in [5, 5.41) is 6.08. The molecule has 1 fully saturated rings. The van der Waals surface area contributed by atoms with Crippen LogP contribution in [-0.2, 0) is 4.79 Å². The molecule has 0 aromatic carbocycles. The third kappa shape index (κ3) is 7.33. The smallest absolute Gasteiger partial charge is 0.233 e. The molecule has 0 atom stereocenters. The molecule has 0 aromatic heterocycles. The number of amides is 1. The average molecular weight is 213 g/mol. The molecular weight excluding hydrogens is 190 g/mol. The molecular formula is C11H23N3O. The molecule has 1 aliphatic carbocycles. The number of nitrogens with one attached hydrogen (secondary N) is 2. The fourth-order valence-electron chi connectivity index (χ4n) is 1.36. The fraction of sp³-hybridized carbons (Fsp3) is 0.909. The second kappa shape index (κ2) is 6.80. The Bertz CT molecular complexity index is 190. The van der Waals surface area contributed by atoms with E-state index in [0.29, 0.717) is 6.54 Å². The number of rotatable bonds is 8. The molecule has 2 N–H and O–H groups in total. The van der Waals surface area contributed by atoms with Crippen LogP contribution in [0.15, 0.2) is 0 Å². The second-order valence-corrected chi connectivity index (χ2v) is 4.58. The molecule has 4 nitrogen and oxygen atoms in total. The average Bonchev–Trinajstić information content (AvgIpc) is 2.97. The highest BCUT2D eigenvalue weighted by Crippen LogP contribution is 2.27. The lowest BCUT2D eigenvalue weighted by Gasteiger charge is -2.09. The van der Waals surface area contributed by atoms with Gasteiger partial charge in [-0.2, -0.15) is 0 Å². The first-order valence-corrected chi connectivity index (χ1v) is 5.80. The van der Waals surface area contributed by atoms with Crippen molar-refractivity contribution in [2.75, 3.05) is 40.3 Å². The summed E-state index contributed by atoms with van der Waals surface area (Å²) in [5.41, 5.74) is 0. The number of hydrogen-bond acceptors (Lipinski definition) is 3. The molecule has 0 aromatic rings. The fourth-order valence-corrected chi connectivity index (χ4v) is 1.36. The summed E-state index contributed by atoms with van der Waals surface area (Å²) in [4.78, 5) is 13.4. The van der Waals surface area contributed by atoms with Gasteiger partial charge in [0.25, 0.3) is 0 Å². The molecule has 4 heteroatoms. The summed E-state index contributed by atoms with van der Waals surface area (Å²) in [6.45, 7) is 3.31. The highest BCUT2D eigenvalue weighted by molar-refractivity contribution is 5.77. The van der Waals surface area contributed by atoms with E-state index in [2.05, 4.69) is 29.6 Å². The maximum absolute atomic E-state index is 11.3. The molecule has 1 amide bonds. The van der Waals surface area contributed by atoms with Gasteiger partial charge >= 0.3 is 0 Å². The largest absolute Gasteiger partial charge is 0.355 e. The van der Waals surface area contributed by atoms with E-state index in [0.717, 1.165) is 32.0 Å². The van der Waals surface area contributed by atoms with E-state index >= 15 is 0 Å². The molecule has 0 bridgehead atoms. The maximum atomic E-state index is 11.3. The van der Waals surface area contributed by atoms with Crippen LogP contribution in [0.2, 0.25) is 0 Å². The monoisotopic (exact) mass is 213 g/mol. The standard InChI is InChI=1S/C11H23N3O/c1-14(2)7-3-6-12-9-11(15)13-8-10-4-5-10/h10,12H,3-9H2,1-2H3,(H,13,15). The van der Waals surface area contributed by atoms with Crippen LogP contribution >= 0.6 is 0 Å². The van der Waals surface area contributed by atoms with Gasteiger partial charge in [-0.15, -0.1) is 0 Å². The molecule has 0 unspecified atom stereocenters. The van der Waals surface area contributed by atoms with E-state index in [1.54, 1.807) is 0 Å². The maximum Gasteiger partial charge on any atom is 0.233 e. The van der Waals surface area contributed by atoms with Crippen molar-refractivity contribution in [2.24, 2.45) is 5.92 Å². The molecule has 0 radical (unpaired) electrons. The zero-order valence-electron chi connectivity index (χ0n) is 9.88. The van der Waals surface area contributed by atoms with Crippen molar-refractivity contribution in [3.05, 3.63) is 0 Å². The Labute approximate surface area is 92.4 Å². The van der Waals surface area contributed by atoms with Crippen LogP contribution in [0.3, 0.4) is 0 Å². The first-order chi connectivity index (χ1) is 7.18. The third-order valence-corrected chi connectivity index (χ3v) is 2.53. The van der Waals surface area contributed by atoms with Gasteiger partial charge in [0, 0.05) is 6.54 Å². The first kappa shape index (κ1) is 12.5. The van der Waals surface area contributed by atoms with Gasteiger partial charge in [-0.05, 0) is 52.4 Å². The Morgan fingerprint density at radius 3 is 2.73 bits per heavy atom. The van der Waals surface area contributed by atoms with Gasteiger partial charge in [0.1, 0.15) is 0 Å². The van der Waals surface area contributed by atoms with Gasteiger partial charge in [-0.3, -0.25) is 4.79 Å². The molecule has 88 valence electrons. The Balaban J connectivity index is 1.83. The van der Waals surface area contributed by atoms with Crippen LogP contribution in [-0.4, -0.2) is 51.1 Å². The van der Waals surface area contributed by atoms with Crippen LogP contribution in [0.5, 0.6) is 0 Å². The van der Waals surface area contributed by atoms with Crippen LogP contribution < -0.4 is 10.6 Å².